The number of para-hydroxylation sites is 2. The lowest BCUT2D eigenvalue weighted by Crippen LogP contribution is -2.32. The molecule has 7 heteroatoms. The molecule has 0 saturated heterocycles. The number of carbonyl (C=O) groups excluding carboxylic acids is 1. The van der Waals surface area contributed by atoms with Gasteiger partial charge in [0.1, 0.15) is 11.6 Å². The molecule has 0 fully saturated rings. The molecule has 1 amide bonds. The van der Waals surface area contributed by atoms with Crippen LogP contribution in [0.4, 0.5) is 0 Å². The number of nitrogens with zero attached hydrogens (tertiary/aromatic N) is 2. The summed E-state index contributed by atoms with van der Waals surface area (Å²) in [4.78, 5) is 17.0. The van der Waals surface area contributed by atoms with Gasteiger partial charge in [0.2, 0.25) is 0 Å². The molecule has 1 atom stereocenters. The molecule has 1 unspecified atom stereocenters. The van der Waals surface area contributed by atoms with Crippen molar-refractivity contribution in [2.75, 3.05) is 6.61 Å². The number of amides is 1. The summed E-state index contributed by atoms with van der Waals surface area (Å²) in [6.07, 6.45) is 0. The summed E-state index contributed by atoms with van der Waals surface area (Å²) in [5.74, 6) is 1.12. The molecule has 1 heterocycles. The summed E-state index contributed by atoms with van der Waals surface area (Å²) < 4.78 is 8.36. The first-order valence-corrected chi connectivity index (χ1v) is 9.57. The van der Waals surface area contributed by atoms with Crippen LogP contribution >= 0.6 is 27.5 Å². The summed E-state index contributed by atoms with van der Waals surface area (Å²) in [5.41, 5.74) is 1.87. The van der Waals surface area contributed by atoms with E-state index in [1.807, 2.05) is 35.8 Å². The Balaban J connectivity index is 1.71. The van der Waals surface area contributed by atoms with E-state index in [4.69, 9.17) is 16.3 Å². The summed E-state index contributed by atoms with van der Waals surface area (Å²) in [7, 11) is 0. The largest absolute Gasteiger partial charge is 0.484 e. The maximum absolute atomic E-state index is 12.3. The monoisotopic (exact) mass is 447 g/mol. The summed E-state index contributed by atoms with van der Waals surface area (Å²) >= 11 is 9.25. The van der Waals surface area contributed by atoms with Gasteiger partial charge in [-0.15, -0.1) is 0 Å². The second-order valence-corrected chi connectivity index (χ2v) is 7.65. The van der Waals surface area contributed by atoms with Crippen molar-refractivity contribution in [1.82, 2.24) is 14.9 Å². The minimum Gasteiger partial charge on any atom is -0.484 e. The van der Waals surface area contributed by atoms with E-state index in [0.29, 0.717) is 17.3 Å². The van der Waals surface area contributed by atoms with Crippen molar-refractivity contribution < 1.29 is 9.53 Å². The lowest BCUT2D eigenvalue weighted by atomic mass is 10.3. The van der Waals surface area contributed by atoms with Crippen LogP contribution in [0.1, 0.15) is 18.8 Å². The first kappa shape index (κ1) is 19.5. The number of hydrogen-bond donors (Lipinski definition) is 1. The topological polar surface area (TPSA) is 56.2 Å². The second-order valence-electron chi connectivity index (χ2n) is 6.09. The van der Waals surface area contributed by atoms with Crippen molar-refractivity contribution in [2.24, 2.45) is 0 Å². The van der Waals surface area contributed by atoms with Gasteiger partial charge in [-0.2, -0.15) is 0 Å². The average Bonchev–Trinajstić information content (AvgIpc) is 2.99. The first-order valence-electron chi connectivity index (χ1n) is 8.40. The van der Waals surface area contributed by atoms with Crippen LogP contribution in [0.15, 0.2) is 59.6 Å². The zero-order chi connectivity index (χ0) is 19.4. The third-order valence-corrected chi connectivity index (χ3v) is 4.46. The van der Waals surface area contributed by atoms with Crippen LogP contribution in [0.5, 0.6) is 5.75 Å². The number of imidazole rings is 1. The van der Waals surface area contributed by atoms with Gasteiger partial charge in [-0.05, 0) is 43.3 Å². The first-order chi connectivity index (χ1) is 12.9. The van der Waals surface area contributed by atoms with Crippen molar-refractivity contribution >= 4 is 44.5 Å². The molecular weight excluding hydrogens is 430 g/mol. The van der Waals surface area contributed by atoms with Crippen LogP contribution in [0.2, 0.25) is 5.02 Å². The minimum absolute atomic E-state index is 0.0860. The SMILES string of the molecule is C=C(Br)Cn1c(C(C)NC(=O)COc2ccc(Cl)cc2)nc2ccccc21. The number of carbonyl (C=O) groups is 1. The van der Waals surface area contributed by atoms with Gasteiger partial charge >= 0.3 is 0 Å². The second kappa shape index (κ2) is 8.59. The van der Waals surface area contributed by atoms with Crippen LogP contribution in [0.25, 0.3) is 11.0 Å². The van der Waals surface area contributed by atoms with Gasteiger partial charge in [0, 0.05) is 9.51 Å². The van der Waals surface area contributed by atoms with Gasteiger partial charge in [-0.1, -0.05) is 46.2 Å². The smallest absolute Gasteiger partial charge is 0.258 e. The Kier molecular flexibility index (Phi) is 6.19. The van der Waals surface area contributed by atoms with E-state index >= 15 is 0 Å². The van der Waals surface area contributed by atoms with Crippen molar-refractivity contribution in [3.05, 3.63) is 70.4 Å². The zero-order valence-electron chi connectivity index (χ0n) is 14.8. The maximum Gasteiger partial charge on any atom is 0.258 e. The van der Waals surface area contributed by atoms with Gasteiger partial charge in [0.25, 0.3) is 5.91 Å². The van der Waals surface area contributed by atoms with Gasteiger partial charge in [-0.25, -0.2) is 4.98 Å². The quantitative estimate of drug-likeness (QED) is 0.562. The van der Waals surface area contributed by atoms with Crippen LogP contribution < -0.4 is 10.1 Å². The van der Waals surface area contributed by atoms with E-state index in [0.717, 1.165) is 21.3 Å². The van der Waals surface area contributed by atoms with Crippen molar-refractivity contribution in [1.29, 1.82) is 0 Å². The lowest BCUT2D eigenvalue weighted by molar-refractivity contribution is -0.123. The van der Waals surface area contributed by atoms with E-state index in [1.165, 1.54) is 0 Å². The highest BCUT2D eigenvalue weighted by molar-refractivity contribution is 9.11. The van der Waals surface area contributed by atoms with Gasteiger partial charge in [0.05, 0.1) is 23.6 Å². The number of allylic oxidation sites excluding steroid dienone is 1. The fourth-order valence-corrected chi connectivity index (χ4v) is 3.17. The van der Waals surface area contributed by atoms with Crippen LogP contribution in [0, 0.1) is 0 Å². The van der Waals surface area contributed by atoms with Crippen LogP contribution in [0.3, 0.4) is 0 Å². The van der Waals surface area contributed by atoms with Gasteiger partial charge in [0.15, 0.2) is 6.61 Å². The molecule has 0 aliphatic heterocycles. The Morgan fingerprint density at radius 1 is 1.30 bits per heavy atom. The molecule has 27 heavy (non-hydrogen) atoms. The normalized spacial score (nSPS) is 12.0. The number of fused-ring (bicyclic) bond motifs is 1. The number of nitrogens with one attached hydrogen (secondary N) is 1. The number of rotatable bonds is 7. The number of aromatic nitrogens is 2. The molecule has 1 aromatic heterocycles. The molecule has 2 aromatic carbocycles. The molecule has 3 aromatic rings. The van der Waals surface area contributed by atoms with E-state index in [9.17, 15) is 4.79 Å². The summed E-state index contributed by atoms with van der Waals surface area (Å²) in [6, 6.07) is 14.4. The number of ether oxygens (including phenoxy) is 1. The molecule has 140 valence electrons. The molecule has 3 rings (SSSR count). The average molecular weight is 449 g/mol. The van der Waals surface area contributed by atoms with E-state index in [2.05, 4.69) is 32.8 Å². The Labute approximate surface area is 171 Å². The standard InChI is InChI=1S/C20H19BrClN3O2/c1-13(21)11-25-18-6-4-3-5-17(18)24-20(25)14(2)23-19(26)12-27-16-9-7-15(22)8-10-16/h3-10,14H,1,11-12H2,2H3,(H,23,26). The van der Waals surface area contributed by atoms with Crippen molar-refractivity contribution in [3.63, 3.8) is 0 Å². The zero-order valence-corrected chi connectivity index (χ0v) is 17.1. The molecule has 0 saturated carbocycles. The van der Waals surface area contributed by atoms with E-state index < -0.39 is 0 Å². The lowest BCUT2D eigenvalue weighted by Gasteiger charge is -2.16. The summed E-state index contributed by atoms with van der Waals surface area (Å²) in [5, 5.41) is 3.55. The number of halogens is 2. The molecular formula is C20H19BrClN3O2. The molecule has 0 aliphatic rings. The van der Waals surface area contributed by atoms with Crippen molar-refractivity contribution in [2.45, 2.75) is 19.5 Å². The highest BCUT2D eigenvalue weighted by Gasteiger charge is 2.18. The van der Waals surface area contributed by atoms with E-state index in [1.54, 1.807) is 24.3 Å². The fourth-order valence-electron chi connectivity index (χ4n) is 2.79. The predicted molar refractivity (Wildman–Crippen MR) is 111 cm³/mol. The van der Waals surface area contributed by atoms with Crippen LogP contribution in [-0.4, -0.2) is 22.1 Å². The molecule has 5 nitrogen and oxygen atoms in total. The number of hydrogen-bond acceptors (Lipinski definition) is 3. The Morgan fingerprint density at radius 2 is 2.00 bits per heavy atom. The van der Waals surface area contributed by atoms with Crippen molar-refractivity contribution in [3.8, 4) is 5.75 Å². The molecule has 0 radical (unpaired) electrons. The van der Waals surface area contributed by atoms with Crippen LogP contribution in [-0.2, 0) is 11.3 Å². The predicted octanol–water partition coefficient (Wildman–Crippen LogP) is 4.85. The highest BCUT2D eigenvalue weighted by atomic mass is 79.9. The molecule has 0 aliphatic carbocycles. The molecule has 0 bridgehead atoms. The van der Waals surface area contributed by atoms with Gasteiger partial charge in [-0.3, -0.25) is 4.79 Å². The number of benzene rings is 2. The Hall–Kier alpha value is -2.31. The molecule has 1 N–H and O–H groups in total. The maximum atomic E-state index is 12.3. The highest BCUT2D eigenvalue weighted by Crippen LogP contribution is 2.23. The van der Waals surface area contributed by atoms with Gasteiger partial charge < -0.3 is 14.6 Å². The summed E-state index contributed by atoms with van der Waals surface area (Å²) in [6.45, 7) is 6.30. The van der Waals surface area contributed by atoms with E-state index in [-0.39, 0.29) is 18.6 Å². The third kappa shape index (κ3) is 4.90. The molecule has 0 spiro atoms. The Morgan fingerprint density at radius 3 is 2.70 bits per heavy atom. The minimum atomic E-state index is -0.287. The third-order valence-electron chi connectivity index (χ3n) is 3.96. The Bertz CT molecular complexity index is 969. The fraction of sp³-hybridized carbons (Fsp3) is 0.200.